The number of carbonyl (C=O) groups excluding carboxylic acids is 1. The van der Waals surface area contributed by atoms with Gasteiger partial charge in [-0.3, -0.25) is 0 Å². The normalized spacial score (nSPS) is 12.1. The van der Waals surface area contributed by atoms with Gasteiger partial charge >= 0.3 is 12.0 Å². The number of hydrogen-bond acceptors (Lipinski definition) is 2. The van der Waals surface area contributed by atoms with Crippen molar-refractivity contribution in [2.75, 3.05) is 5.32 Å². The Kier molecular flexibility index (Phi) is 6.54. The number of carboxylic acids is 1. The molecule has 0 radical (unpaired) electrons. The fraction of sp³-hybridized carbons (Fsp3) is 0.385. The van der Waals surface area contributed by atoms with E-state index < -0.39 is 18.0 Å². The van der Waals surface area contributed by atoms with Gasteiger partial charge in [0.1, 0.15) is 6.04 Å². The minimum absolute atomic E-state index is 0.173. The van der Waals surface area contributed by atoms with Crippen molar-refractivity contribution in [3.63, 3.8) is 0 Å². The molecule has 2 amide bonds. The van der Waals surface area contributed by atoms with E-state index in [1.165, 1.54) is 0 Å². The van der Waals surface area contributed by atoms with Crippen LogP contribution in [0.5, 0.6) is 0 Å². The molecule has 110 valence electrons. The zero-order valence-corrected chi connectivity index (χ0v) is 14.0. The van der Waals surface area contributed by atoms with Gasteiger partial charge in [-0.2, -0.15) is 0 Å². The fourth-order valence-corrected chi connectivity index (χ4v) is 2.61. The van der Waals surface area contributed by atoms with Crippen LogP contribution >= 0.6 is 34.2 Å². The molecule has 0 heterocycles. The molecule has 1 aromatic rings. The molecule has 0 aliphatic heterocycles. The first-order chi connectivity index (χ1) is 9.29. The predicted octanol–water partition coefficient (Wildman–Crippen LogP) is 3.57. The zero-order valence-electron chi connectivity index (χ0n) is 11.1. The number of hydrogen-bond donors (Lipinski definition) is 3. The highest BCUT2D eigenvalue weighted by molar-refractivity contribution is 14.1. The van der Waals surface area contributed by atoms with Crippen molar-refractivity contribution >= 4 is 51.9 Å². The number of urea groups is 1. The van der Waals surface area contributed by atoms with E-state index >= 15 is 0 Å². The molecular weight excluding hydrogens is 395 g/mol. The first-order valence-corrected chi connectivity index (χ1v) is 7.50. The monoisotopic (exact) mass is 410 g/mol. The second-order valence-corrected chi connectivity index (χ2v) is 6.34. The van der Waals surface area contributed by atoms with Crippen LogP contribution in [-0.4, -0.2) is 23.1 Å². The summed E-state index contributed by atoms with van der Waals surface area (Å²) < 4.78 is 0.779. The van der Waals surface area contributed by atoms with Crippen LogP contribution in [0.4, 0.5) is 10.5 Å². The molecule has 0 bridgehead atoms. The Morgan fingerprint density at radius 3 is 2.55 bits per heavy atom. The second kappa shape index (κ2) is 7.68. The lowest BCUT2D eigenvalue weighted by Crippen LogP contribution is -2.43. The molecule has 0 spiro atoms. The summed E-state index contributed by atoms with van der Waals surface area (Å²) in [5.41, 5.74) is 0.584. The van der Waals surface area contributed by atoms with Gasteiger partial charge in [0.15, 0.2) is 0 Å². The van der Waals surface area contributed by atoms with Crippen LogP contribution in [0.3, 0.4) is 0 Å². The Balaban J connectivity index is 2.68. The minimum atomic E-state index is -1.04. The molecule has 0 fully saturated rings. The fourth-order valence-electron chi connectivity index (χ4n) is 1.60. The van der Waals surface area contributed by atoms with E-state index in [2.05, 4.69) is 10.6 Å². The Morgan fingerprint density at radius 1 is 1.40 bits per heavy atom. The van der Waals surface area contributed by atoms with E-state index in [1.54, 1.807) is 18.2 Å². The summed E-state index contributed by atoms with van der Waals surface area (Å²) in [4.78, 5) is 22.9. The predicted molar refractivity (Wildman–Crippen MR) is 87.2 cm³/mol. The Morgan fingerprint density at radius 2 is 2.05 bits per heavy atom. The molecule has 3 N–H and O–H groups in total. The maximum atomic E-state index is 11.8. The highest BCUT2D eigenvalue weighted by atomic mass is 127. The van der Waals surface area contributed by atoms with Crippen molar-refractivity contribution < 1.29 is 14.7 Å². The second-order valence-electron chi connectivity index (χ2n) is 4.74. The SMILES string of the molecule is CC(C)C[C@H](NC(=O)Nc1ccc(Cl)cc1I)C(=O)O. The molecule has 5 nitrogen and oxygen atoms in total. The van der Waals surface area contributed by atoms with Crippen molar-refractivity contribution in [1.82, 2.24) is 5.32 Å². The summed E-state index contributed by atoms with van der Waals surface area (Å²) >= 11 is 7.87. The Labute approximate surface area is 136 Å². The van der Waals surface area contributed by atoms with Crippen LogP contribution in [0.1, 0.15) is 20.3 Å². The maximum Gasteiger partial charge on any atom is 0.326 e. The number of carbonyl (C=O) groups is 2. The van der Waals surface area contributed by atoms with Crippen LogP contribution < -0.4 is 10.6 Å². The molecule has 1 aromatic carbocycles. The van der Waals surface area contributed by atoms with Crippen LogP contribution in [0.15, 0.2) is 18.2 Å². The summed E-state index contributed by atoms with van der Waals surface area (Å²) in [5, 5.41) is 14.7. The number of anilines is 1. The van der Waals surface area contributed by atoms with Crippen molar-refractivity contribution in [1.29, 1.82) is 0 Å². The molecule has 20 heavy (non-hydrogen) atoms. The highest BCUT2D eigenvalue weighted by Gasteiger charge is 2.21. The van der Waals surface area contributed by atoms with Crippen molar-refractivity contribution in [3.05, 3.63) is 26.8 Å². The van der Waals surface area contributed by atoms with Gasteiger partial charge in [-0.15, -0.1) is 0 Å². The van der Waals surface area contributed by atoms with E-state index in [1.807, 2.05) is 36.4 Å². The molecule has 7 heteroatoms. The van der Waals surface area contributed by atoms with Gasteiger partial charge in [-0.05, 0) is 53.1 Å². The van der Waals surface area contributed by atoms with E-state index in [9.17, 15) is 9.59 Å². The third-order valence-electron chi connectivity index (χ3n) is 2.49. The first kappa shape index (κ1) is 17.0. The standard InChI is InChI=1S/C13H16ClIN2O3/c1-7(2)5-11(12(18)19)17-13(20)16-10-4-3-8(14)6-9(10)15/h3-4,6-7,11H,5H2,1-2H3,(H,18,19)(H2,16,17,20)/t11-/m0/s1. The number of benzene rings is 1. The van der Waals surface area contributed by atoms with Crippen LogP contribution in [-0.2, 0) is 4.79 Å². The van der Waals surface area contributed by atoms with Crippen LogP contribution in [0.2, 0.25) is 5.02 Å². The molecule has 0 saturated carbocycles. The molecule has 0 aliphatic rings. The van der Waals surface area contributed by atoms with Gasteiger partial charge in [0.2, 0.25) is 0 Å². The molecule has 0 aliphatic carbocycles. The van der Waals surface area contributed by atoms with E-state index in [4.69, 9.17) is 16.7 Å². The van der Waals surface area contributed by atoms with Gasteiger partial charge < -0.3 is 15.7 Å². The smallest absolute Gasteiger partial charge is 0.326 e. The lowest BCUT2D eigenvalue weighted by atomic mass is 10.0. The average Bonchev–Trinajstić information content (AvgIpc) is 2.31. The lowest BCUT2D eigenvalue weighted by molar-refractivity contribution is -0.139. The first-order valence-electron chi connectivity index (χ1n) is 6.05. The molecule has 0 unspecified atom stereocenters. The maximum absolute atomic E-state index is 11.8. The Bertz CT molecular complexity index is 508. The van der Waals surface area contributed by atoms with Crippen LogP contribution in [0.25, 0.3) is 0 Å². The summed E-state index contributed by atoms with van der Waals surface area (Å²) in [6, 6.07) is 3.59. The minimum Gasteiger partial charge on any atom is -0.480 e. The molecule has 0 aromatic heterocycles. The summed E-state index contributed by atoms with van der Waals surface area (Å²) in [5.74, 6) is -0.869. The number of halogens is 2. The zero-order chi connectivity index (χ0) is 15.3. The van der Waals surface area contributed by atoms with Gasteiger partial charge in [0, 0.05) is 8.59 Å². The van der Waals surface area contributed by atoms with Crippen molar-refractivity contribution in [2.45, 2.75) is 26.3 Å². The summed E-state index contributed by atoms with van der Waals surface area (Å²) in [7, 11) is 0. The third kappa shape index (κ3) is 5.54. The number of rotatable bonds is 5. The van der Waals surface area contributed by atoms with Crippen molar-refractivity contribution in [2.24, 2.45) is 5.92 Å². The Hall–Kier alpha value is -1.02. The van der Waals surface area contributed by atoms with E-state index in [0.29, 0.717) is 17.1 Å². The number of nitrogens with one attached hydrogen (secondary N) is 2. The van der Waals surface area contributed by atoms with Crippen LogP contribution in [0, 0.1) is 9.49 Å². The van der Waals surface area contributed by atoms with Crippen molar-refractivity contribution in [3.8, 4) is 0 Å². The van der Waals surface area contributed by atoms with E-state index in [-0.39, 0.29) is 5.92 Å². The lowest BCUT2D eigenvalue weighted by Gasteiger charge is -2.17. The number of carboxylic acid groups (broad SMARTS) is 1. The largest absolute Gasteiger partial charge is 0.480 e. The number of amides is 2. The third-order valence-corrected chi connectivity index (χ3v) is 3.62. The molecule has 1 atom stereocenters. The highest BCUT2D eigenvalue weighted by Crippen LogP contribution is 2.22. The quantitative estimate of drug-likeness (QED) is 0.650. The number of aliphatic carboxylic acids is 1. The van der Waals surface area contributed by atoms with Gasteiger partial charge in [0.25, 0.3) is 0 Å². The molecule has 1 rings (SSSR count). The summed E-state index contributed by atoms with van der Waals surface area (Å²) in [6.07, 6.45) is 0.375. The summed E-state index contributed by atoms with van der Waals surface area (Å²) in [6.45, 7) is 3.80. The average molecular weight is 411 g/mol. The van der Waals surface area contributed by atoms with Gasteiger partial charge in [0.05, 0.1) is 5.69 Å². The molecular formula is C13H16ClIN2O3. The van der Waals surface area contributed by atoms with Gasteiger partial charge in [-0.25, -0.2) is 9.59 Å². The topological polar surface area (TPSA) is 78.4 Å². The van der Waals surface area contributed by atoms with E-state index in [0.717, 1.165) is 3.57 Å². The van der Waals surface area contributed by atoms with Gasteiger partial charge in [-0.1, -0.05) is 25.4 Å². The molecule has 0 saturated heterocycles.